The van der Waals surface area contributed by atoms with Gasteiger partial charge in [0, 0.05) is 0 Å². The van der Waals surface area contributed by atoms with Crippen molar-refractivity contribution in [2.45, 2.75) is 0 Å². The van der Waals surface area contributed by atoms with Gasteiger partial charge in [-0.1, -0.05) is 218 Å². The van der Waals surface area contributed by atoms with Crippen molar-refractivity contribution in [3.63, 3.8) is 0 Å². The molecule has 0 aromatic heterocycles. The summed E-state index contributed by atoms with van der Waals surface area (Å²) >= 11 is 0. The van der Waals surface area contributed by atoms with Crippen molar-refractivity contribution in [3.05, 3.63) is 231 Å². The van der Waals surface area contributed by atoms with Crippen LogP contribution in [0, 0.1) is 0 Å². The molecule has 1 aliphatic rings. The van der Waals surface area contributed by atoms with Crippen LogP contribution in [0.3, 0.4) is 0 Å². The normalized spacial score (nSPS) is 11.7. The zero-order chi connectivity index (χ0) is 39.6. The molecule has 278 valence electrons. The Bertz CT molecular complexity index is 3200. The van der Waals surface area contributed by atoms with Crippen LogP contribution in [0.25, 0.3) is 121 Å². The van der Waals surface area contributed by atoms with Crippen LogP contribution in [0.4, 0.5) is 0 Å². The van der Waals surface area contributed by atoms with Crippen LogP contribution in [0.5, 0.6) is 0 Å². The molecule has 0 unspecified atom stereocenters. The average Bonchev–Trinajstić information content (AvgIpc) is 3.67. The summed E-state index contributed by atoms with van der Waals surface area (Å²) in [6, 6.07) is 85.1. The maximum Gasteiger partial charge on any atom is -0.00134 e. The van der Waals surface area contributed by atoms with Gasteiger partial charge in [-0.3, -0.25) is 0 Å². The highest BCUT2D eigenvalue weighted by molar-refractivity contribution is 6.26. The van der Waals surface area contributed by atoms with E-state index in [-0.39, 0.29) is 0 Å². The summed E-state index contributed by atoms with van der Waals surface area (Å²) in [6.45, 7) is 0. The minimum absolute atomic E-state index is 1.21. The van der Waals surface area contributed by atoms with Gasteiger partial charge in [0.15, 0.2) is 0 Å². The lowest BCUT2D eigenvalue weighted by Gasteiger charge is -2.16. The van der Waals surface area contributed by atoms with Crippen molar-refractivity contribution in [1.82, 2.24) is 0 Å². The van der Waals surface area contributed by atoms with E-state index in [1.54, 1.807) is 0 Å². The van der Waals surface area contributed by atoms with Crippen LogP contribution in [0.2, 0.25) is 0 Å². The van der Waals surface area contributed by atoms with Crippen LogP contribution in [-0.2, 0) is 0 Å². The van der Waals surface area contributed by atoms with Gasteiger partial charge < -0.3 is 0 Å². The lowest BCUT2D eigenvalue weighted by molar-refractivity contribution is 1.59. The minimum atomic E-state index is 1.21. The molecule has 0 fully saturated rings. The fourth-order valence-electron chi connectivity index (χ4n) is 9.70. The first-order valence-corrected chi connectivity index (χ1v) is 20.8. The van der Waals surface area contributed by atoms with Gasteiger partial charge in [-0.25, -0.2) is 0 Å². The Labute approximate surface area is 350 Å². The molecule has 11 aromatic carbocycles. The zero-order valence-electron chi connectivity index (χ0n) is 32.9. The van der Waals surface area contributed by atoms with Gasteiger partial charge >= 0.3 is 0 Å². The Morgan fingerprint density at radius 1 is 0.167 bits per heavy atom. The molecule has 0 aliphatic heterocycles. The third-order valence-corrected chi connectivity index (χ3v) is 12.6. The number of hydrogen-bond donors (Lipinski definition) is 0. The monoisotopic (exact) mass is 758 g/mol. The first kappa shape index (κ1) is 34.3. The van der Waals surface area contributed by atoms with Crippen LogP contribution >= 0.6 is 0 Å². The minimum Gasteiger partial charge on any atom is -0.0622 e. The second kappa shape index (κ2) is 13.9. The molecule has 0 radical (unpaired) electrons. The van der Waals surface area contributed by atoms with E-state index in [0.29, 0.717) is 0 Å². The Balaban J connectivity index is 1.13. The molecular weight excluding hydrogens is 721 g/mol. The smallest absolute Gasteiger partial charge is 0.00134 e. The van der Waals surface area contributed by atoms with E-state index in [1.807, 2.05) is 0 Å². The predicted molar refractivity (Wildman–Crippen MR) is 256 cm³/mol. The molecule has 0 heterocycles. The molecule has 0 saturated carbocycles. The predicted octanol–water partition coefficient (Wildman–Crippen LogP) is 16.8. The van der Waals surface area contributed by atoms with Gasteiger partial charge in [0.1, 0.15) is 0 Å². The van der Waals surface area contributed by atoms with Crippen molar-refractivity contribution in [3.8, 4) is 89.0 Å². The standard InChI is InChI=1S/C60H38/c1-3-11-39(12-4-1)43-19-25-45(26-20-43)51-33-35-55-58-53(49-29-23-41-15-7-9-17-47(41)37-49)31-32-54(50-30-24-42-16-8-10-18-48(42)38-50)59(58)56-36-34-52(57(51)60(55)56)46-27-21-44(22-28-46)40-13-5-2-6-14-40/h1-38H. The lowest BCUT2D eigenvalue weighted by atomic mass is 9.87. The first-order valence-electron chi connectivity index (χ1n) is 20.8. The van der Waals surface area contributed by atoms with E-state index in [4.69, 9.17) is 0 Å². The Kier molecular flexibility index (Phi) is 7.96. The number of benzene rings is 11. The SMILES string of the molecule is c1ccc(-c2ccc(-c3ccc4c5c(ccc(-c6ccc(-c7ccccc7)cc6)c35)-c3c(-c5ccc6ccccc6c5)ccc(-c5ccc6ccccc6c5)c3-4)cc2)cc1. The summed E-state index contributed by atoms with van der Waals surface area (Å²) in [5, 5.41) is 7.60. The molecule has 11 aromatic rings. The molecule has 0 saturated heterocycles. The highest BCUT2D eigenvalue weighted by Gasteiger charge is 2.30. The highest BCUT2D eigenvalue weighted by Crippen LogP contribution is 2.57. The number of fused-ring (bicyclic) bond motifs is 5. The Hall–Kier alpha value is -7.80. The molecule has 60 heavy (non-hydrogen) atoms. The van der Waals surface area contributed by atoms with Gasteiger partial charge in [-0.2, -0.15) is 0 Å². The van der Waals surface area contributed by atoms with E-state index >= 15 is 0 Å². The molecular formula is C60H38. The Morgan fingerprint density at radius 3 is 0.900 bits per heavy atom. The number of rotatable bonds is 6. The van der Waals surface area contributed by atoms with Gasteiger partial charge in [0.05, 0.1) is 0 Å². The Morgan fingerprint density at radius 2 is 0.467 bits per heavy atom. The maximum absolute atomic E-state index is 2.40. The van der Waals surface area contributed by atoms with Crippen LogP contribution in [-0.4, -0.2) is 0 Å². The molecule has 0 heteroatoms. The van der Waals surface area contributed by atoms with E-state index in [0.717, 1.165) is 0 Å². The number of hydrogen-bond acceptors (Lipinski definition) is 0. The fraction of sp³-hybridized carbons (Fsp3) is 0. The summed E-state index contributed by atoms with van der Waals surface area (Å²) in [5.41, 5.74) is 19.9. The van der Waals surface area contributed by atoms with Gasteiger partial charge in [-0.05, 0) is 133 Å². The summed E-state index contributed by atoms with van der Waals surface area (Å²) < 4.78 is 0. The molecule has 1 aliphatic carbocycles. The molecule has 0 amide bonds. The molecule has 0 bridgehead atoms. The van der Waals surface area contributed by atoms with E-state index in [1.165, 1.54) is 121 Å². The van der Waals surface area contributed by atoms with Crippen LogP contribution in [0.1, 0.15) is 0 Å². The highest BCUT2D eigenvalue weighted by atomic mass is 14.3. The second-order valence-electron chi connectivity index (χ2n) is 16.0. The molecule has 0 N–H and O–H groups in total. The fourth-order valence-corrected chi connectivity index (χ4v) is 9.70. The molecule has 12 rings (SSSR count). The van der Waals surface area contributed by atoms with Crippen molar-refractivity contribution in [1.29, 1.82) is 0 Å². The quantitative estimate of drug-likeness (QED) is 0.158. The lowest BCUT2D eigenvalue weighted by Crippen LogP contribution is -1.90. The molecule has 0 nitrogen and oxygen atoms in total. The van der Waals surface area contributed by atoms with Crippen molar-refractivity contribution in [2.75, 3.05) is 0 Å². The first-order chi connectivity index (χ1) is 29.7. The van der Waals surface area contributed by atoms with Crippen LogP contribution < -0.4 is 0 Å². The van der Waals surface area contributed by atoms with E-state index in [9.17, 15) is 0 Å². The second-order valence-corrected chi connectivity index (χ2v) is 16.0. The molecule has 0 atom stereocenters. The zero-order valence-corrected chi connectivity index (χ0v) is 32.9. The van der Waals surface area contributed by atoms with E-state index in [2.05, 4.69) is 231 Å². The van der Waals surface area contributed by atoms with E-state index < -0.39 is 0 Å². The summed E-state index contributed by atoms with van der Waals surface area (Å²) in [4.78, 5) is 0. The third-order valence-electron chi connectivity index (χ3n) is 12.6. The summed E-state index contributed by atoms with van der Waals surface area (Å²) in [5.74, 6) is 0. The van der Waals surface area contributed by atoms with Crippen LogP contribution in [0.15, 0.2) is 231 Å². The van der Waals surface area contributed by atoms with Gasteiger partial charge in [0.25, 0.3) is 0 Å². The third kappa shape index (κ3) is 5.61. The van der Waals surface area contributed by atoms with Gasteiger partial charge in [-0.15, -0.1) is 0 Å². The average molecular weight is 759 g/mol. The maximum atomic E-state index is 2.40. The topological polar surface area (TPSA) is 0 Å². The van der Waals surface area contributed by atoms with Crippen molar-refractivity contribution in [2.24, 2.45) is 0 Å². The molecule has 0 spiro atoms. The van der Waals surface area contributed by atoms with Crippen molar-refractivity contribution < 1.29 is 0 Å². The summed E-state index contributed by atoms with van der Waals surface area (Å²) in [6.07, 6.45) is 0. The van der Waals surface area contributed by atoms with Crippen molar-refractivity contribution >= 4 is 32.3 Å². The largest absolute Gasteiger partial charge is 0.0622 e. The summed E-state index contributed by atoms with van der Waals surface area (Å²) in [7, 11) is 0. The van der Waals surface area contributed by atoms with Gasteiger partial charge in [0.2, 0.25) is 0 Å².